The molecule has 104 valence electrons. The zero-order valence-corrected chi connectivity index (χ0v) is 11.6. The summed E-state index contributed by atoms with van der Waals surface area (Å²) in [6, 6.07) is 10.8. The molecule has 4 nitrogen and oxygen atoms in total. The largest absolute Gasteiger partial charge is 0.367 e. The first kappa shape index (κ1) is 13.9. The lowest BCUT2D eigenvalue weighted by atomic mass is 10.0. The molecule has 1 atom stereocenters. The summed E-state index contributed by atoms with van der Waals surface area (Å²) in [5, 5.41) is 0. The van der Waals surface area contributed by atoms with Crippen LogP contribution < -0.4 is 10.6 Å². The molecule has 0 aliphatic carbocycles. The quantitative estimate of drug-likeness (QED) is 0.892. The Hall–Kier alpha value is -1.55. The summed E-state index contributed by atoms with van der Waals surface area (Å²) in [7, 11) is 0. The maximum Gasteiger partial charge on any atom is 0.236 e. The van der Waals surface area contributed by atoms with Crippen molar-refractivity contribution in [1.29, 1.82) is 0 Å². The number of likely N-dealkylation sites (N-methyl/N-ethyl adjacent to an activating group) is 1. The third-order valence-corrected chi connectivity index (χ3v) is 3.79. The standard InChI is InChI=1S/C15H23N3O/c1-2-18(13-7-4-3-5-8-13)14-9-6-10-17(12-14)15(19)11-16/h3-5,7-8,14H,2,6,9-12,16H2,1H3. The normalized spacial score (nSPS) is 19.3. The third-order valence-electron chi connectivity index (χ3n) is 3.79. The minimum absolute atomic E-state index is 0.0637. The van der Waals surface area contributed by atoms with Gasteiger partial charge in [-0.2, -0.15) is 0 Å². The Bertz CT molecular complexity index is 407. The molecule has 0 radical (unpaired) electrons. The lowest BCUT2D eigenvalue weighted by Crippen LogP contribution is -2.51. The molecule has 1 aliphatic heterocycles. The van der Waals surface area contributed by atoms with Gasteiger partial charge in [-0.25, -0.2) is 0 Å². The highest BCUT2D eigenvalue weighted by Gasteiger charge is 2.26. The maximum atomic E-state index is 11.7. The summed E-state index contributed by atoms with van der Waals surface area (Å²) in [5.74, 6) is 0.0637. The minimum atomic E-state index is 0.0637. The summed E-state index contributed by atoms with van der Waals surface area (Å²) >= 11 is 0. The molecule has 1 heterocycles. The Morgan fingerprint density at radius 1 is 1.42 bits per heavy atom. The number of nitrogens with zero attached hydrogens (tertiary/aromatic N) is 2. The molecule has 1 amide bonds. The maximum absolute atomic E-state index is 11.7. The highest BCUT2D eigenvalue weighted by molar-refractivity contribution is 5.78. The fourth-order valence-corrected chi connectivity index (χ4v) is 2.84. The van der Waals surface area contributed by atoms with Gasteiger partial charge in [-0.15, -0.1) is 0 Å². The smallest absolute Gasteiger partial charge is 0.236 e. The Morgan fingerprint density at radius 2 is 2.16 bits per heavy atom. The van der Waals surface area contributed by atoms with E-state index in [1.54, 1.807) is 0 Å². The van der Waals surface area contributed by atoms with E-state index >= 15 is 0 Å². The summed E-state index contributed by atoms with van der Waals surface area (Å²) < 4.78 is 0. The number of nitrogens with two attached hydrogens (primary N) is 1. The zero-order valence-electron chi connectivity index (χ0n) is 11.6. The molecular weight excluding hydrogens is 238 g/mol. The van der Waals surface area contributed by atoms with Crippen LogP contribution in [0.25, 0.3) is 0 Å². The van der Waals surface area contributed by atoms with E-state index in [0.29, 0.717) is 6.04 Å². The van der Waals surface area contributed by atoms with Gasteiger partial charge in [0.25, 0.3) is 0 Å². The van der Waals surface area contributed by atoms with Crippen LogP contribution in [0.15, 0.2) is 30.3 Å². The summed E-state index contributed by atoms with van der Waals surface area (Å²) in [6.07, 6.45) is 2.19. The third kappa shape index (κ3) is 3.26. The minimum Gasteiger partial charge on any atom is -0.367 e. The van der Waals surface area contributed by atoms with Crippen LogP contribution in [0.4, 0.5) is 5.69 Å². The average Bonchev–Trinajstić information content (AvgIpc) is 2.48. The number of carbonyl (C=O) groups excluding carboxylic acids is 1. The molecule has 0 bridgehead atoms. The van der Waals surface area contributed by atoms with Gasteiger partial charge >= 0.3 is 0 Å². The van der Waals surface area contributed by atoms with Gasteiger partial charge in [0.2, 0.25) is 5.91 Å². The summed E-state index contributed by atoms with van der Waals surface area (Å²) in [4.78, 5) is 16.0. The SMILES string of the molecule is CCN(c1ccccc1)C1CCCN(C(=O)CN)C1. The van der Waals surface area contributed by atoms with Crippen LogP contribution in [0, 0.1) is 0 Å². The molecule has 1 fully saturated rings. The van der Waals surface area contributed by atoms with Crippen molar-refractivity contribution >= 4 is 11.6 Å². The number of carbonyl (C=O) groups is 1. The number of piperidine rings is 1. The van der Waals surface area contributed by atoms with Gasteiger partial charge in [0.05, 0.1) is 6.54 Å². The number of amides is 1. The molecule has 19 heavy (non-hydrogen) atoms. The Labute approximate surface area is 115 Å². The van der Waals surface area contributed by atoms with Gasteiger partial charge in [0.15, 0.2) is 0 Å². The molecule has 0 aromatic heterocycles. The van der Waals surface area contributed by atoms with E-state index < -0.39 is 0 Å². The van der Waals surface area contributed by atoms with E-state index in [9.17, 15) is 4.79 Å². The van der Waals surface area contributed by atoms with Crippen molar-refractivity contribution < 1.29 is 4.79 Å². The lowest BCUT2D eigenvalue weighted by molar-refractivity contribution is -0.130. The fourth-order valence-electron chi connectivity index (χ4n) is 2.84. The number of hydrogen-bond donors (Lipinski definition) is 1. The van der Waals surface area contributed by atoms with Crippen LogP contribution in [0.3, 0.4) is 0 Å². The van der Waals surface area contributed by atoms with Crippen LogP contribution in [-0.4, -0.2) is 43.0 Å². The predicted molar refractivity (Wildman–Crippen MR) is 78.1 cm³/mol. The Morgan fingerprint density at radius 3 is 2.79 bits per heavy atom. The Balaban J connectivity index is 2.09. The molecular formula is C15H23N3O. The molecule has 0 spiro atoms. The monoisotopic (exact) mass is 261 g/mol. The number of hydrogen-bond acceptors (Lipinski definition) is 3. The van der Waals surface area contributed by atoms with Crippen LogP contribution in [0.5, 0.6) is 0 Å². The first-order valence-electron chi connectivity index (χ1n) is 7.05. The van der Waals surface area contributed by atoms with Crippen LogP contribution >= 0.6 is 0 Å². The van der Waals surface area contributed by atoms with E-state index in [4.69, 9.17) is 5.73 Å². The van der Waals surface area contributed by atoms with E-state index in [-0.39, 0.29) is 12.5 Å². The molecule has 2 N–H and O–H groups in total. The molecule has 0 saturated carbocycles. The van der Waals surface area contributed by atoms with Crippen molar-refractivity contribution in [1.82, 2.24) is 4.90 Å². The average molecular weight is 261 g/mol. The van der Waals surface area contributed by atoms with Crippen molar-refractivity contribution in [3.63, 3.8) is 0 Å². The van der Waals surface area contributed by atoms with Crippen molar-refractivity contribution in [2.75, 3.05) is 31.1 Å². The number of benzene rings is 1. The topological polar surface area (TPSA) is 49.6 Å². The number of anilines is 1. The van der Waals surface area contributed by atoms with E-state index in [0.717, 1.165) is 32.5 Å². The number of likely N-dealkylation sites (tertiary alicyclic amines) is 1. The fraction of sp³-hybridized carbons (Fsp3) is 0.533. The van der Waals surface area contributed by atoms with Crippen molar-refractivity contribution in [3.8, 4) is 0 Å². The second-order valence-corrected chi connectivity index (χ2v) is 4.96. The second-order valence-electron chi connectivity index (χ2n) is 4.96. The molecule has 1 saturated heterocycles. The molecule has 1 aromatic carbocycles. The van der Waals surface area contributed by atoms with Crippen molar-refractivity contribution in [2.24, 2.45) is 5.73 Å². The van der Waals surface area contributed by atoms with Gasteiger partial charge in [-0.05, 0) is 31.9 Å². The van der Waals surface area contributed by atoms with Gasteiger partial charge in [0.1, 0.15) is 0 Å². The number of rotatable bonds is 4. The summed E-state index contributed by atoms with van der Waals surface area (Å²) in [6.45, 7) is 4.87. The predicted octanol–water partition coefficient (Wildman–Crippen LogP) is 1.46. The molecule has 1 unspecified atom stereocenters. The molecule has 4 heteroatoms. The zero-order chi connectivity index (χ0) is 13.7. The highest BCUT2D eigenvalue weighted by Crippen LogP contribution is 2.22. The van der Waals surface area contributed by atoms with Gasteiger partial charge in [-0.3, -0.25) is 4.79 Å². The number of para-hydroxylation sites is 1. The lowest BCUT2D eigenvalue weighted by Gasteiger charge is -2.40. The van der Waals surface area contributed by atoms with Crippen LogP contribution in [-0.2, 0) is 4.79 Å². The van der Waals surface area contributed by atoms with Crippen LogP contribution in [0.1, 0.15) is 19.8 Å². The van der Waals surface area contributed by atoms with Crippen LogP contribution in [0.2, 0.25) is 0 Å². The van der Waals surface area contributed by atoms with Gasteiger partial charge in [-0.1, -0.05) is 18.2 Å². The van der Waals surface area contributed by atoms with Gasteiger partial charge < -0.3 is 15.5 Å². The Kier molecular flexibility index (Phi) is 4.80. The van der Waals surface area contributed by atoms with E-state index in [2.05, 4.69) is 36.1 Å². The van der Waals surface area contributed by atoms with E-state index in [1.165, 1.54) is 5.69 Å². The second kappa shape index (κ2) is 6.57. The van der Waals surface area contributed by atoms with Gasteiger partial charge in [0, 0.05) is 31.4 Å². The first-order valence-corrected chi connectivity index (χ1v) is 7.05. The molecule has 1 aromatic rings. The summed E-state index contributed by atoms with van der Waals surface area (Å²) in [5.41, 5.74) is 6.70. The first-order chi connectivity index (χ1) is 9.26. The van der Waals surface area contributed by atoms with E-state index in [1.807, 2.05) is 11.0 Å². The molecule has 2 rings (SSSR count). The van der Waals surface area contributed by atoms with Crippen molar-refractivity contribution in [2.45, 2.75) is 25.8 Å². The highest BCUT2D eigenvalue weighted by atomic mass is 16.2. The van der Waals surface area contributed by atoms with Crippen molar-refractivity contribution in [3.05, 3.63) is 30.3 Å². The molecule has 1 aliphatic rings.